The number of ether oxygens (including phenoxy) is 2. The van der Waals surface area contributed by atoms with E-state index in [4.69, 9.17) is 9.47 Å². The van der Waals surface area contributed by atoms with Gasteiger partial charge in [-0.05, 0) is 18.9 Å². The molecule has 0 aliphatic rings. The van der Waals surface area contributed by atoms with Crippen LogP contribution in [-0.2, 0) is 4.74 Å². The van der Waals surface area contributed by atoms with Gasteiger partial charge in [0, 0.05) is 18.7 Å². The molecule has 0 fully saturated rings. The average Bonchev–Trinajstić information content (AvgIpc) is 2.37. The number of Topliss-reactive ketones (excluding diaryl/α,β-unsaturated/α-hetero) is 1. The van der Waals surface area contributed by atoms with E-state index >= 15 is 0 Å². The van der Waals surface area contributed by atoms with Crippen LogP contribution in [-0.4, -0.2) is 30.5 Å². The van der Waals surface area contributed by atoms with Crippen LogP contribution in [0.4, 0.5) is 5.69 Å². The Kier molecular flexibility index (Phi) is 6.11. The molecule has 0 spiro atoms. The predicted molar refractivity (Wildman–Crippen MR) is 74.3 cm³/mol. The van der Waals surface area contributed by atoms with Crippen molar-refractivity contribution >= 4 is 11.5 Å². The van der Waals surface area contributed by atoms with Crippen LogP contribution in [0, 0.1) is 16.0 Å². The molecule has 20 heavy (non-hydrogen) atoms. The fourth-order valence-corrected chi connectivity index (χ4v) is 1.56. The Hall–Kier alpha value is -1.95. The highest BCUT2D eigenvalue weighted by Crippen LogP contribution is 2.24. The zero-order chi connectivity index (χ0) is 15.1. The van der Waals surface area contributed by atoms with Gasteiger partial charge in [0.05, 0.1) is 17.1 Å². The first kappa shape index (κ1) is 16.1. The van der Waals surface area contributed by atoms with Crippen molar-refractivity contribution in [2.24, 2.45) is 5.92 Å². The van der Waals surface area contributed by atoms with Gasteiger partial charge in [-0.1, -0.05) is 13.8 Å². The summed E-state index contributed by atoms with van der Waals surface area (Å²) in [7, 11) is 0. The number of nitro groups is 1. The van der Waals surface area contributed by atoms with Crippen LogP contribution < -0.4 is 4.74 Å². The van der Waals surface area contributed by atoms with Crippen molar-refractivity contribution in [2.75, 3.05) is 19.8 Å². The maximum atomic E-state index is 11.5. The largest absolute Gasteiger partial charge is 0.490 e. The number of carbonyl (C=O) groups excluding carboxylic acids is 1. The lowest BCUT2D eigenvalue weighted by atomic mass is 10.1. The summed E-state index contributed by atoms with van der Waals surface area (Å²) in [4.78, 5) is 21.6. The van der Waals surface area contributed by atoms with Crippen molar-refractivity contribution < 1.29 is 19.2 Å². The molecule has 110 valence electrons. The van der Waals surface area contributed by atoms with Gasteiger partial charge in [-0.25, -0.2) is 0 Å². The quantitative estimate of drug-likeness (QED) is 0.317. The second kappa shape index (κ2) is 7.59. The average molecular weight is 281 g/mol. The molecule has 0 N–H and O–H groups in total. The molecule has 0 bridgehead atoms. The molecule has 0 atom stereocenters. The molecule has 0 amide bonds. The predicted octanol–water partition coefficient (Wildman–Crippen LogP) is 2.85. The molecule has 6 nitrogen and oxygen atoms in total. The molecule has 1 aromatic carbocycles. The summed E-state index contributed by atoms with van der Waals surface area (Å²) in [5.41, 5.74) is 0.0849. The number of hydrogen-bond donors (Lipinski definition) is 0. The number of rotatable bonds is 8. The Morgan fingerprint density at radius 1 is 1.35 bits per heavy atom. The summed E-state index contributed by atoms with van der Waals surface area (Å²) in [6.45, 7) is 6.79. The van der Waals surface area contributed by atoms with Crippen LogP contribution in [0.5, 0.6) is 5.75 Å². The second-order valence-corrected chi connectivity index (χ2v) is 4.81. The Morgan fingerprint density at radius 3 is 2.60 bits per heavy atom. The molecule has 6 heteroatoms. The highest BCUT2D eigenvalue weighted by Gasteiger charge is 2.14. The number of non-ortho nitro benzene ring substituents is 1. The molecule has 1 rings (SSSR count). The summed E-state index contributed by atoms with van der Waals surface area (Å²) in [6, 6.07) is 3.99. The smallest absolute Gasteiger partial charge is 0.270 e. The lowest BCUT2D eigenvalue weighted by Crippen LogP contribution is -2.11. The standard InChI is InChI=1S/C14H19NO5/c1-10(2)9-19-6-7-20-14-5-4-12(15(17)18)8-13(14)11(3)16/h4-5,8,10H,6-7,9H2,1-3H3. The minimum atomic E-state index is -0.540. The zero-order valence-corrected chi connectivity index (χ0v) is 11.9. The van der Waals surface area contributed by atoms with Crippen LogP contribution >= 0.6 is 0 Å². The van der Waals surface area contributed by atoms with Gasteiger partial charge in [0.15, 0.2) is 5.78 Å². The van der Waals surface area contributed by atoms with Gasteiger partial charge in [0.25, 0.3) is 5.69 Å². The third-order valence-corrected chi connectivity index (χ3v) is 2.49. The number of nitro benzene ring substituents is 1. The van der Waals surface area contributed by atoms with Crippen LogP contribution in [0.1, 0.15) is 31.1 Å². The van der Waals surface area contributed by atoms with E-state index in [2.05, 4.69) is 0 Å². The molecule has 0 unspecified atom stereocenters. The first-order valence-corrected chi connectivity index (χ1v) is 6.41. The van der Waals surface area contributed by atoms with E-state index in [0.717, 1.165) is 0 Å². The molecular formula is C14H19NO5. The third-order valence-electron chi connectivity index (χ3n) is 2.49. The number of nitrogens with zero attached hydrogens (tertiary/aromatic N) is 1. The Bertz CT molecular complexity index is 484. The lowest BCUT2D eigenvalue weighted by Gasteiger charge is -2.11. The monoisotopic (exact) mass is 281 g/mol. The SMILES string of the molecule is CC(=O)c1cc([N+](=O)[O-])ccc1OCCOCC(C)C. The van der Waals surface area contributed by atoms with Crippen LogP contribution in [0.3, 0.4) is 0 Å². The number of ketones is 1. The minimum absolute atomic E-state index is 0.126. The van der Waals surface area contributed by atoms with E-state index in [-0.39, 0.29) is 17.0 Å². The Labute approximate surface area is 117 Å². The highest BCUT2D eigenvalue weighted by atomic mass is 16.6. The molecule has 1 aromatic rings. The molecule has 0 aliphatic carbocycles. The molecule has 0 aromatic heterocycles. The van der Waals surface area contributed by atoms with Crippen LogP contribution in [0.25, 0.3) is 0 Å². The molecule has 0 aliphatic heterocycles. The van der Waals surface area contributed by atoms with E-state index < -0.39 is 4.92 Å². The van der Waals surface area contributed by atoms with Gasteiger partial charge in [0.2, 0.25) is 0 Å². The van der Waals surface area contributed by atoms with Crippen molar-refractivity contribution in [3.05, 3.63) is 33.9 Å². The maximum Gasteiger partial charge on any atom is 0.270 e. The summed E-state index contributed by atoms with van der Waals surface area (Å²) in [5, 5.41) is 10.7. The summed E-state index contributed by atoms with van der Waals surface area (Å²) < 4.78 is 10.8. The Morgan fingerprint density at radius 2 is 2.05 bits per heavy atom. The van der Waals surface area contributed by atoms with Gasteiger partial charge in [-0.3, -0.25) is 14.9 Å². The van der Waals surface area contributed by atoms with E-state index in [1.807, 2.05) is 13.8 Å². The van der Waals surface area contributed by atoms with Crippen molar-refractivity contribution in [3.8, 4) is 5.75 Å². The summed E-state index contributed by atoms with van der Waals surface area (Å²) in [5.74, 6) is 0.519. The van der Waals surface area contributed by atoms with Crippen molar-refractivity contribution in [1.29, 1.82) is 0 Å². The Balaban J connectivity index is 2.65. The van der Waals surface area contributed by atoms with Gasteiger partial charge in [-0.2, -0.15) is 0 Å². The summed E-state index contributed by atoms with van der Waals surface area (Å²) >= 11 is 0. The van der Waals surface area contributed by atoms with Crippen molar-refractivity contribution in [3.63, 3.8) is 0 Å². The fraction of sp³-hybridized carbons (Fsp3) is 0.500. The third kappa shape index (κ3) is 4.97. The van der Waals surface area contributed by atoms with Gasteiger partial charge in [-0.15, -0.1) is 0 Å². The highest BCUT2D eigenvalue weighted by molar-refractivity contribution is 5.97. The van der Waals surface area contributed by atoms with Gasteiger partial charge in [0.1, 0.15) is 12.4 Å². The molecule has 0 heterocycles. The normalized spacial score (nSPS) is 10.6. The molecule has 0 saturated heterocycles. The topological polar surface area (TPSA) is 78.7 Å². The van der Waals surface area contributed by atoms with E-state index in [9.17, 15) is 14.9 Å². The van der Waals surface area contributed by atoms with Crippen molar-refractivity contribution in [1.82, 2.24) is 0 Å². The van der Waals surface area contributed by atoms with E-state index in [1.165, 1.54) is 25.1 Å². The first-order chi connectivity index (χ1) is 9.41. The van der Waals surface area contributed by atoms with E-state index in [1.54, 1.807) is 0 Å². The second-order valence-electron chi connectivity index (χ2n) is 4.81. The minimum Gasteiger partial charge on any atom is -0.490 e. The number of hydrogen-bond acceptors (Lipinski definition) is 5. The summed E-state index contributed by atoms with van der Waals surface area (Å²) in [6.07, 6.45) is 0. The molecule has 0 saturated carbocycles. The van der Waals surface area contributed by atoms with Gasteiger partial charge < -0.3 is 9.47 Å². The molecule has 0 radical (unpaired) electrons. The number of benzene rings is 1. The van der Waals surface area contributed by atoms with Gasteiger partial charge >= 0.3 is 0 Å². The zero-order valence-electron chi connectivity index (χ0n) is 11.9. The molecular weight excluding hydrogens is 262 g/mol. The maximum absolute atomic E-state index is 11.5. The fourth-order valence-electron chi connectivity index (χ4n) is 1.56. The number of carbonyl (C=O) groups is 1. The van der Waals surface area contributed by atoms with Crippen molar-refractivity contribution in [2.45, 2.75) is 20.8 Å². The first-order valence-electron chi connectivity index (χ1n) is 6.41. The van der Waals surface area contributed by atoms with Crippen LogP contribution in [0.2, 0.25) is 0 Å². The van der Waals surface area contributed by atoms with Crippen LogP contribution in [0.15, 0.2) is 18.2 Å². The lowest BCUT2D eigenvalue weighted by molar-refractivity contribution is -0.384. The van der Waals surface area contributed by atoms with E-state index in [0.29, 0.717) is 31.5 Å².